The molecule has 5 nitrogen and oxygen atoms in total. The minimum Gasteiger partial charge on any atom is -0.423 e. The van der Waals surface area contributed by atoms with E-state index in [0.717, 1.165) is 37.4 Å². The van der Waals surface area contributed by atoms with Gasteiger partial charge in [0.2, 0.25) is 12.3 Å². The van der Waals surface area contributed by atoms with Crippen LogP contribution in [0, 0.1) is 12.8 Å². The Morgan fingerprint density at radius 2 is 2.37 bits per heavy atom. The number of hydrogen-bond acceptors (Lipinski definition) is 5. The minimum atomic E-state index is 0.548. The molecule has 0 bridgehead atoms. The number of rotatable bonds is 4. The van der Waals surface area contributed by atoms with Gasteiger partial charge < -0.3 is 14.5 Å². The van der Waals surface area contributed by atoms with Crippen LogP contribution in [0.15, 0.2) is 29.0 Å². The van der Waals surface area contributed by atoms with Crippen LogP contribution in [-0.4, -0.2) is 30.0 Å². The molecule has 1 atom stereocenters. The molecule has 5 heteroatoms. The lowest BCUT2D eigenvalue weighted by Gasteiger charge is -2.13. The van der Waals surface area contributed by atoms with Crippen molar-refractivity contribution in [3.63, 3.8) is 0 Å². The average molecular weight is 259 g/mol. The molecule has 0 spiro atoms. The molecule has 0 saturated carbocycles. The summed E-state index contributed by atoms with van der Waals surface area (Å²) in [4.78, 5) is 0. The van der Waals surface area contributed by atoms with Crippen LogP contribution in [-0.2, 0) is 4.74 Å². The minimum absolute atomic E-state index is 0.548. The summed E-state index contributed by atoms with van der Waals surface area (Å²) in [5.74, 6) is 1.15. The SMILES string of the molecule is Cc1ccc(-c2nnco2)cc1NCC1CCOC1. The second-order valence-corrected chi connectivity index (χ2v) is 4.88. The van der Waals surface area contributed by atoms with Gasteiger partial charge in [0.25, 0.3) is 0 Å². The Hall–Kier alpha value is -1.88. The van der Waals surface area contributed by atoms with E-state index in [1.165, 1.54) is 12.0 Å². The Balaban J connectivity index is 1.74. The van der Waals surface area contributed by atoms with Crippen molar-refractivity contribution in [3.8, 4) is 11.5 Å². The molecule has 100 valence electrons. The first kappa shape index (κ1) is 12.2. The van der Waals surface area contributed by atoms with E-state index in [1.54, 1.807) is 0 Å². The number of anilines is 1. The highest BCUT2D eigenvalue weighted by atomic mass is 16.5. The summed E-state index contributed by atoms with van der Waals surface area (Å²) < 4.78 is 10.6. The van der Waals surface area contributed by atoms with Gasteiger partial charge in [0.05, 0.1) is 6.61 Å². The third-order valence-corrected chi connectivity index (χ3v) is 3.45. The molecule has 2 heterocycles. The predicted molar refractivity (Wildman–Crippen MR) is 71.9 cm³/mol. The maximum Gasteiger partial charge on any atom is 0.247 e. The standard InChI is InChI=1S/C14H17N3O2/c1-10-2-3-12(14-17-16-9-19-14)6-13(10)15-7-11-4-5-18-8-11/h2-3,6,9,11,15H,4-5,7-8H2,1H3. The number of benzene rings is 1. The molecule has 1 aromatic carbocycles. The summed E-state index contributed by atoms with van der Waals surface area (Å²) in [5.41, 5.74) is 3.26. The quantitative estimate of drug-likeness (QED) is 0.914. The van der Waals surface area contributed by atoms with E-state index < -0.39 is 0 Å². The highest BCUT2D eigenvalue weighted by Gasteiger charge is 2.15. The zero-order valence-corrected chi connectivity index (χ0v) is 10.9. The summed E-state index contributed by atoms with van der Waals surface area (Å²) in [6.07, 6.45) is 2.48. The first-order chi connectivity index (χ1) is 9.33. The topological polar surface area (TPSA) is 60.2 Å². The first-order valence-corrected chi connectivity index (χ1v) is 6.52. The smallest absolute Gasteiger partial charge is 0.247 e. The monoisotopic (exact) mass is 259 g/mol. The van der Waals surface area contributed by atoms with Crippen molar-refractivity contribution in [1.29, 1.82) is 0 Å². The molecule has 2 aromatic rings. The summed E-state index contributed by atoms with van der Waals surface area (Å²) in [5, 5.41) is 11.1. The molecule has 0 radical (unpaired) electrons. The summed E-state index contributed by atoms with van der Waals surface area (Å²) in [6, 6.07) is 6.11. The molecule has 19 heavy (non-hydrogen) atoms. The van der Waals surface area contributed by atoms with Crippen molar-refractivity contribution in [2.75, 3.05) is 25.1 Å². The van der Waals surface area contributed by atoms with Crippen molar-refractivity contribution >= 4 is 5.69 Å². The van der Waals surface area contributed by atoms with Crippen LogP contribution in [0.25, 0.3) is 11.5 Å². The van der Waals surface area contributed by atoms with Crippen LogP contribution >= 0.6 is 0 Å². The number of aromatic nitrogens is 2. The average Bonchev–Trinajstić information content (AvgIpc) is 3.11. The van der Waals surface area contributed by atoms with Gasteiger partial charge in [-0.05, 0) is 31.0 Å². The van der Waals surface area contributed by atoms with Crippen LogP contribution < -0.4 is 5.32 Å². The zero-order valence-electron chi connectivity index (χ0n) is 10.9. The van der Waals surface area contributed by atoms with Gasteiger partial charge in [-0.2, -0.15) is 0 Å². The Labute approximate surface area is 112 Å². The molecular weight excluding hydrogens is 242 g/mol. The van der Waals surface area contributed by atoms with E-state index in [-0.39, 0.29) is 0 Å². The maximum absolute atomic E-state index is 5.39. The molecule has 1 aromatic heterocycles. The number of ether oxygens (including phenoxy) is 1. The Bertz CT molecular complexity index is 534. The largest absolute Gasteiger partial charge is 0.423 e. The maximum atomic E-state index is 5.39. The lowest BCUT2D eigenvalue weighted by molar-refractivity contribution is 0.187. The predicted octanol–water partition coefficient (Wildman–Crippen LogP) is 2.49. The molecule has 1 aliphatic heterocycles. The Morgan fingerprint density at radius 3 is 3.11 bits per heavy atom. The molecule has 1 saturated heterocycles. The normalized spacial score (nSPS) is 18.7. The van der Waals surface area contributed by atoms with Crippen molar-refractivity contribution in [2.45, 2.75) is 13.3 Å². The molecule has 0 amide bonds. The van der Waals surface area contributed by atoms with Gasteiger partial charge in [-0.1, -0.05) is 6.07 Å². The molecule has 0 aliphatic carbocycles. The number of nitrogens with zero attached hydrogens (tertiary/aromatic N) is 2. The van der Waals surface area contributed by atoms with E-state index in [2.05, 4.69) is 34.6 Å². The first-order valence-electron chi connectivity index (χ1n) is 6.52. The molecule has 1 unspecified atom stereocenters. The summed E-state index contributed by atoms with van der Waals surface area (Å²) in [7, 11) is 0. The highest BCUT2D eigenvalue weighted by molar-refractivity contribution is 5.64. The summed E-state index contributed by atoms with van der Waals surface area (Å²) >= 11 is 0. The van der Waals surface area contributed by atoms with Crippen LogP contribution in [0.3, 0.4) is 0 Å². The molecule has 3 rings (SSSR count). The van der Waals surface area contributed by atoms with E-state index in [9.17, 15) is 0 Å². The highest BCUT2D eigenvalue weighted by Crippen LogP contribution is 2.24. The Kier molecular flexibility index (Phi) is 3.46. The zero-order chi connectivity index (χ0) is 13.1. The van der Waals surface area contributed by atoms with Gasteiger partial charge in [-0.25, -0.2) is 0 Å². The van der Waals surface area contributed by atoms with Crippen LogP contribution in [0.5, 0.6) is 0 Å². The van der Waals surface area contributed by atoms with Gasteiger partial charge in [0.1, 0.15) is 0 Å². The number of aryl methyl sites for hydroxylation is 1. The fraction of sp³-hybridized carbons (Fsp3) is 0.429. The molecular formula is C14H17N3O2. The second-order valence-electron chi connectivity index (χ2n) is 4.88. The van der Waals surface area contributed by atoms with Crippen LogP contribution in [0.2, 0.25) is 0 Å². The number of hydrogen-bond donors (Lipinski definition) is 1. The van der Waals surface area contributed by atoms with Gasteiger partial charge >= 0.3 is 0 Å². The van der Waals surface area contributed by atoms with Gasteiger partial charge in [-0.3, -0.25) is 0 Å². The summed E-state index contributed by atoms with van der Waals surface area (Å²) in [6.45, 7) is 4.77. The Morgan fingerprint density at radius 1 is 1.42 bits per heavy atom. The number of nitrogens with one attached hydrogen (secondary N) is 1. The van der Waals surface area contributed by atoms with Crippen molar-refractivity contribution in [1.82, 2.24) is 10.2 Å². The fourth-order valence-electron chi connectivity index (χ4n) is 2.24. The third-order valence-electron chi connectivity index (χ3n) is 3.45. The molecule has 1 fully saturated rings. The van der Waals surface area contributed by atoms with E-state index >= 15 is 0 Å². The third kappa shape index (κ3) is 2.76. The van der Waals surface area contributed by atoms with Crippen molar-refractivity contribution in [3.05, 3.63) is 30.2 Å². The second kappa shape index (κ2) is 5.40. The van der Waals surface area contributed by atoms with E-state index in [0.29, 0.717) is 11.8 Å². The van der Waals surface area contributed by atoms with Gasteiger partial charge in [0.15, 0.2) is 0 Å². The van der Waals surface area contributed by atoms with Crippen LogP contribution in [0.4, 0.5) is 5.69 Å². The van der Waals surface area contributed by atoms with Gasteiger partial charge in [0, 0.05) is 30.3 Å². The lowest BCUT2D eigenvalue weighted by atomic mass is 10.1. The molecule has 1 N–H and O–H groups in total. The van der Waals surface area contributed by atoms with Gasteiger partial charge in [-0.15, -0.1) is 10.2 Å². The van der Waals surface area contributed by atoms with Crippen molar-refractivity contribution < 1.29 is 9.15 Å². The van der Waals surface area contributed by atoms with E-state index in [1.807, 2.05) is 6.07 Å². The van der Waals surface area contributed by atoms with Crippen LogP contribution in [0.1, 0.15) is 12.0 Å². The van der Waals surface area contributed by atoms with E-state index in [4.69, 9.17) is 9.15 Å². The van der Waals surface area contributed by atoms with Crippen molar-refractivity contribution in [2.24, 2.45) is 5.92 Å². The molecule has 1 aliphatic rings. The lowest BCUT2D eigenvalue weighted by Crippen LogP contribution is -2.14. The fourth-order valence-corrected chi connectivity index (χ4v) is 2.24.